The van der Waals surface area contributed by atoms with E-state index in [1.807, 2.05) is 48.5 Å². The zero-order valence-corrected chi connectivity index (χ0v) is 17.9. The lowest BCUT2D eigenvalue weighted by Crippen LogP contribution is -2.39. The fourth-order valence-electron chi connectivity index (χ4n) is 5.36. The van der Waals surface area contributed by atoms with Crippen LogP contribution in [0.25, 0.3) is 0 Å². The summed E-state index contributed by atoms with van der Waals surface area (Å²) in [6.07, 6.45) is 1.12. The van der Waals surface area contributed by atoms with Gasteiger partial charge in [0.15, 0.2) is 5.78 Å². The van der Waals surface area contributed by atoms with Crippen LogP contribution in [0.4, 0.5) is 0 Å². The molecule has 6 nitrogen and oxygen atoms in total. The smallest absolute Gasteiger partial charge is 0.220 e. The summed E-state index contributed by atoms with van der Waals surface area (Å²) in [7, 11) is -1.82. The molecule has 0 saturated carbocycles. The molecule has 3 saturated heterocycles. The molecule has 5 rings (SSSR count). The Morgan fingerprint density at radius 2 is 2.00 bits per heavy atom. The Balaban J connectivity index is 1.38. The monoisotopic (exact) mass is 427 g/mol. The van der Waals surface area contributed by atoms with Crippen molar-refractivity contribution in [2.45, 2.75) is 49.2 Å². The van der Waals surface area contributed by atoms with Gasteiger partial charge in [-0.1, -0.05) is 36.4 Å². The van der Waals surface area contributed by atoms with Crippen LogP contribution in [-0.2, 0) is 21.3 Å². The van der Waals surface area contributed by atoms with E-state index in [0.29, 0.717) is 37.2 Å². The fraction of sp³-hybridized carbons (Fsp3) is 0.435. The topological polar surface area (TPSA) is 72.9 Å². The summed E-state index contributed by atoms with van der Waals surface area (Å²) >= 11 is 0. The second kappa shape index (κ2) is 6.90. The van der Waals surface area contributed by atoms with Crippen molar-refractivity contribution < 1.29 is 22.7 Å². The highest BCUT2D eigenvalue weighted by Gasteiger charge is 2.68. The predicted octanol–water partition coefficient (Wildman–Crippen LogP) is 3.13. The van der Waals surface area contributed by atoms with Crippen molar-refractivity contribution in [1.82, 2.24) is 4.31 Å². The maximum atomic E-state index is 13.3. The van der Waals surface area contributed by atoms with E-state index < -0.39 is 20.9 Å². The Bertz CT molecular complexity index is 1100. The van der Waals surface area contributed by atoms with Crippen molar-refractivity contribution in [2.75, 3.05) is 13.7 Å². The van der Waals surface area contributed by atoms with Crippen LogP contribution >= 0.6 is 0 Å². The first-order chi connectivity index (χ1) is 14.3. The van der Waals surface area contributed by atoms with Crippen molar-refractivity contribution in [3.05, 3.63) is 65.2 Å². The molecule has 2 aromatic rings. The third-order valence-corrected chi connectivity index (χ3v) is 9.15. The van der Waals surface area contributed by atoms with Gasteiger partial charge in [0.1, 0.15) is 16.6 Å². The Morgan fingerprint density at radius 1 is 1.23 bits per heavy atom. The van der Waals surface area contributed by atoms with Gasteiger partial charge in [0.2, 0.25) is 10.0 Å². The first kappa shape index (κ1) is 19.7. The number of benzene rings is 2. The summed E-state index contributed by atoms with van der Waals surface area (Å²) in [5.74, 6) is 0.919. The second-order valence-corrected chi connectivity index (χ2v) is 10.7. The van der Waals surface area contributed by atoms with Crippen molar-refractivity contribution in [3.8, 4) is 5.75 Å². The molecular weight excluding hydrogens is 402 g/mol. The van der Waals surface area contributed by atoms with Gasteiger partial charge >= 0.3 is 0 Å². The van der Waals surface area contributed by atoms with E-state index >= 15 is 0 Å². The normalized spacial score (nSPS) is 31.6. The molecule has 2 bridgehead atoms. The summed E-state index contributed by atoms with van der Waals surface area (Å²) in [6.45, 7) is 2.26. The molecular formula is C23H25NO5S. The Morgan fingerprint density at radius 3 is 2.70 bits per heavy atom. The summed E-state index contributed by atoms with van der Waals surface area (Å²) < 4.78 is 39.7. The fourth-order valence-corrected chi connectivity index (χ4v) is 7.65. The standard InChI is InChI=1S/C23H25NO5S/c1-15(25)17-6-8-18(9-7-17)20-12-23-14-24(13-16-4-3-5-19(10-16)28-2)30(26,27)22(23)11-21(20)29-23/h3-10,20-22H,11-14H2,1-2H3. The molecule has 0 N–H and O–H groups in total. The number of hydrogen-bond acceptors (Lipinski definition) is 5. The molecule has 4 unspecified atom stereocenters. The molecule has 7 heteroatoms. The van der Waals surface area contributed by atoms with Gasteiger partial charge in [-0.15, -0.1) is 0 Å². The Labute approximate surface area is 176 Å². The summed E-state index contributed by atoms with van der Waals surface area (Å²) in [6, 6.07) is 15.2. The molecule has 3 aliphatic rings. The molecule has 30 heavy (non-hydrogen) atoms. The molecule has 3 heterocycles. The van der Waals surface area contributed by atoms with Crippen LogP contribution in [0.15, 0.2) is 48.5 Å². The van der Waals surface area contributed by atoms with Gasteiger partial charge in [-0.05, 0) is 43.0 Å². The molecule has 0 amide bonds. The van der Waals surface area contributed by atoms with E-state index in [9.17, 15) is 13.2 Å². The number of fused-ring (bicyclic) bond motifs is 1. The largest absolute Gasteiger partial charge is 0.497 e. The summed E-state index contributed by atoms with van der Waals surface area (Å²) in [5.41, 5.74) is 2.06. The van der Waals surface area contributed by atoms with E-state index in [-0.39, 0.29) is 17.8 Å². The lowest BCUT2D eigenvalue weighted by Gasteiger charge is -2.26. The average Bonchev–Trinajstić information content (AvgIpc) is 3.35. The zero-order valence-electron chi connectivity index (χ0n) is 17.1. The number of Topliss-reactive ketones (excluding diaryl/α,β-unsaturated/α-hetero) is 1. The minimum Gasteiger partial charge on any atom is -0.497 e. The third kappa shape index (κ3) is 2.99. The molecule has 1 spiro atoms. The predicted molar refractivity (Wildman–Crippen MR) is 112 cm³/mol. The molecule has 0 aromatic heterocycles. The van der Waals surface area contributed by atoms with Gasteiger partial charge in [-0.2, -0.15) is 4.31 Å². The SMILES string of the molecule is COc1cccc(CN2CC34CC(c5ccc(C(C)=O)cc5)C(CC3S2(=O)=O)O4)c1. The number of ether oxygens (including phenoxy) is 2. The van der Waals surface area contributed by atoms with Crippen molar-refractivity contribution >= 4 is 15.8 Å². The van der Waals surface area contributed by atoms with Crippen LogP contribution < -0.4 is 4.74 Å². The van der Waals surface area contributed by atoms with Gasteiger partial charge < -0.3 is 9.47 Å². The number of nitrogens with zero attached hydrogens (tertiary/aromatic N) is 1. The van der Waals surface area contributed by atoms with Gasteiger partial charge in [0, 0.05) is 24.6 Å². The third-order valence-electron chi connectivity index (χ3n) is 6.84. The van der Waals surface area contributed by atoms with Gasteiger partial charge in [0.05, 0.1) is 13.2 Å². The van der Waals surface area contributed by atoms with Crippen LogP contribution in [0.2, 0.25) is 0 Å². The van der Waals surface area contributed by atoms with E-state index in [1.54, 1.807) is 18.3 Å². The molecule has 0 radical (unpaired) electrons. The van der Waals surface area contributed by atoms with Gasteiger partial charge in [0.25, 0.3) is 0 Å². The lowest BCUT2D eigenvalue weighted by atomic mass is 9.77. The average molecular weight is 428 g/mol. The number of carbonyl (C=O) groups is 1. The van der Waals surface area contributed by atoms with Crippen LogP contribution in [-0.4, -0.2) is 49.1 Å². The Kier molecular flexibility index (Phi) is 4.54. The second-order valence-electron chi connectivity index (χ2n) is 8.60. The maximum Gasteiger partial charge on any atom is 0.220 e. The van der Waals surface area contributed by atoms with Gasteiger partial charge in [-0.3, -0.25) is 4.79 Å². The number of carbonyl (C=O) groups excluding carboxylic acids is 1. The lowest BCUT2D eigenvalue weighted by molar-refractivity contribution is 0.0108. The molecule has 3 aliphatic heterocycles. The first-order valence-electron chi connectivity index (χ1n) is 10.2. The molecule has 2 aromatic carbocycles. The minimum absolute atomic E-state index is 0.0412. The number of sulfonamides is 1. The summed E-state index contributed by atoms with van der Waals surface area (Å²) in [5, 5.41) is -0.478. The number of rotatable bonds is 5. The molecule has 158 valence electrons. The molecule has 0 aliphatic carbocycles. The number of ketones is 1. The minimum atomic E-state index is -3.42. The quantitative estimate of drug-likeness (QED) is 0.686. The van der Waals surface area contributed by atoms with Crippen molar-refractivity contribution in [1.29, 1.82) is 0 Å². The zero-order chi connectivity index (χ0) is 21.1. The van der Waals surface area contributed by atoms with Crippen LogP contribution in [0.5, 0.6) is 5.75 Å². The molecule has 3 fully saturated rings. The van der Waals surface area contributed by atoms with Crippen LogP contribution in [0, 0.1) is 0 Å². The van der Waals surface area contributed by atoms with Crippen LogP contribution in [0.1, 0.15) is 47.2 Å². The number of methoxy groups -OCH3 is 1. The van der Waals surface area contributed by atoms with Crippen LogP contribution in [0.3, 0.4) is 0 Å². The van der Waals surface area contributed by atoms with E-state index in [0.717, 1.165) is 11.1 Å². The van der Waals surface area contributed by atoms with E-state index in [2.05, 4.69) is 0 Å². The van der Waals surface area contributed by atoms with Gasteiger partial charge in [-0.25, -0.2) is 8.42 Å². The highest BCUT2D eigenvalue weighted by Crippen LogP contribution is 2.57. The van der Waals surface area contributed by atoms with E-state index in [1.165, 1.54) is 0 Å². The van der Waals surface area contributed by atoms with E-state index in [4.69, 9.17) is 9.47 Å². The molecule has 4 atom stereocenters. The summed E-state index contributed by atoms with van der Waals surface area (Å²) in [4.78, 5) is 11.5. The highest BCUT2D eigenvalue weighted by molar-refractivity contribution is 7.90. The van der Waals surface area contributed by atoms with Crippen molar-refractivity contribution in [3.63, 3.8) is 0 Å². The Hall–Kier alpha value is -2.22. The number of hydrogen-bond donors (Lipinski definition) is 0. The van der Waals surface area contributed by atoms with Crippen molar-refractivity contribution in [2.24, 2.45) is 0 Å². The maximum absolute atomic E-state index is 13.3. The highest BCUT2D eigenvalue weighted by atomic mass is 32.2. The first-order valence-corrected chi connectivity index (χ1v) is 11.7.